The first-order valence-electron chi connectivity index (χ1n) is 5.17. The first-order chi connectivity index (χ1) is 8.36. The summed E-state index contributed by atoms with van der Waals surface area (Å²) in [5.74, 6) is -1.39. The fraction of sp³-hybridized carbons (Fsp3) is 0.250. The molecule has 18 heavy (non-hydrogen) atoms. The summed E-state index contributed by atoms with van der Waals surface area (Å²) < 4.78 is 37.3. The number of halogens is 3. The van der Waals surface area contributed by atoms with Crippen LogP contribution < -0.4 is 5.73 Å². The molecule has 0 bridgehead atoms. The molecule has 98 valence electrons. The van der Waals surface area contributed by atoms with E-state index in [1.54, 1.807) is 6.08 Å². The molecule has 0 radical (unpaired) electrons. The summed E-state index contributed by atoms with van der Waals surface area (Å²) in [6.45, 7) is 0.388. The number of carboxylic acid groups (broad SMARTS) is 1. The molecule has 0 aromatic heterocycles. The minimum Gasteiger partial charge on any atom is -0.478 e. The molecule has 0 fully saturated rings. The molecular formula is C12H12F3NO2. The third-order valence-corrected chi connectivity index (χ3v) is 2.24. The van der Waals surface area contributed by atoms with Crippen molar-refractivity contribution in [2.45, 2.75) is 12.6 Å². The largest absolute Gasteiger partial charge is 0.478 e. The van der Waals surface area contributed by atoms with Crippen LogP contribution >= 0.6 is 0 Å². The van der Waals surface area contributed by atoms with E-state index < -0.39 is 17.7 Å². The second kappa shape index (κ2) is 5.68. The highest BCUT2D eigenvalue weighted by Gasteiger charge is 2.31. The van der Waals surface area contributed by atoms with E-state index in [1.807, 2.05) is 0 Å². The number of nitrogens with two attached hydrogens (primary N) is 1. The lowest BCUT2D eigenvalue weighted by molar-refractivity contribution is -0.137. The van der Waals surface area contributed by atoms with Crippen molar-refractivity contribution in [1.29, 1.82) is 0 Å². The van der Waals surface area contributed by atoms with Gasteiger partial charge in [0.1, 0.15) is 0 Å². The molecule has 0 saturated heterocycles. The van der Waals surface area contributed by atoms with Crippen LogP contribution in [0.3, 0.4) is 0 Å². The Hall–Kier alpha value is -1.82. The second-order valence-corrected chi connectivity index (χ2v) is 3.58. The molecule has 0 amide bonds. The minimum atomic E-state index is -4.55. The van der Waals surface area contributed by atoms with E-state index in [0.29, 0.717) is 19.0 Å². The van der Waals surface area contributed by atoms with Crippen LogP contribution in [0.5, 0.6) is 0 Å². The Labute approximate surface area is 102 Å². The Morgan fingerprint density at radius 1 is 1.39 bits per heavy atom. The number of carboxylic acids is 1. The monoisotopic (exact) mass is 259 g/mol. The zero-order valence-corrected chi connectivity index (χ0v) is 9.37. The summed E-state index contributed by atoms with van der Waals surface area (Å²) in [5, 5.41) is 8.89. The maximum Gasteiger partial charge on any atom is 0.416 e. The molecule has 3 N–H and O–H groups in total. The van der Waals surface area contributed by atoms with Gasteiger partial charge in [0.2, 0.25) is 0 Å². The SMILES string of the molecule is NCCC=Cc1ccc(C(F)(F)F)cc1C(=O)O. The normalized spacial score (nSPS) is 12.0. The number of benzene rings is 1. The Bertz CT molecular complexity index is 467. The average Bonchev–Trinajstić information content (AvgIpc) is 2.28. The predicted molar refractivity (Wildman–Crippen MR) is 61.1 cm³/mol. The van der Waals surface area contributed by atoms with Gasteiger partial charge in [-0.25, -0.2) is 4.79 Å². The lowest BCUT2D eigenvalue weighted by Gasteiger charge is -2.09. The van der Waals surface area contributed by atoms with E-state index >= 15 is 0 Å². The van der Waals surface area contributed by atoms with Crippen molar-refractivity contribution in [1.82, 2.24) is 0 Å². The van der Waals surface area contributed by atoms with Crippen LogP contribution in [-0.2, 0) is 6.18 Å². The highest BCUT2D eigenvalue weighted by molar-refractivity contribution is 5.92. The Morgan fingerprint density at radius 2 is 2.06 bits per heavy atom. The molecule has 1 aromatic carbocycles. The summed E-state index contributed by atoms with van der Waals surface area (Å²) in [4.78, 5) is 10.9. The molecular weight excluding hydrogens is 247 g/mol. The van der Waals surface area contributed by atoms with E-state index in [4.69, 9.17) is 10.8 Å². The quantitative estimate of drug-likeness (QED) is 0.873. The molecule has 0 spiro atoms. The van der Waals surface area contributed by atoms with Gasteiger partial charge in [-0.05, 0) is 30.7 Å². The smallest absolute Gasteiger partial charge is 0.416 e. The van der Waals surface area contributed by atoms with Crippen LogP contribution in [0.1, 0.15) is 27.9 Å². The maximum absolute atomic E-state index is 12.4. The lowest BCUT2D eigenvalue weighted by Crippen LogP contribution is -2.08. The lowest BCUT2D eigenvalue weighted by atomic mass is 10.0. The van der Waals surface area contributed by atoms with Gasteiger partial charge in [0, 0.05) is 0 Å². The summed E-state index contributed by atoms with van der Waals surface area (Å²) in [6.07, 6.45) is -0.949. The Kier molecular flexibility index (Phi) is 4.49. The molecule has 6 heteroatoms. The minimum absolute atomic E-state index is 0.226. The number of rotatable bonds is 4. The van der Waals surface area contributed by atoms with Gasteiger partial charge in [0.15, 0.2) is 0 Å². The number of hydrogen-bond donors (Lipinski definition) is 2. The molecule has 0 heterocycles. The molecule has 0 unspecified atom stereocenters. The standard InChI is InChI=1S/C12H12F3NO2/c13-12(14,15)9-5-4-8(3-1-2-6-16)10(7-9)11(17)18/h1,3-5,7H,2,6,16H2,(H,17,18). The third kappa shape index (κ3) is 3.59. The molecule has 1 rings (SSSR count). The van der Waals surface area contributed by atoms with E-state index in [-0.39, 0.29) is 11.1 Å². The number of alkyl halides is 3. The van der Waals surface area contributed by atoms with Crippen LogP contribution in [0.15, 0.2) is 24.3 Å². The van der Waals surface area contributed by atoms with Crippen molar-refractivity contribution in [2.75, 3.05) is 6.54 Å². The average molecular weight is 259 g/mol. The fourth-order valence-corrected chi connectivity index (χ4v) is 1.37. The van der Waals surface area contributed by atoms with Gasteiger partial charge < -0.3 is 10.8 Å². The van der Waals surface area contributed by atoms with Crippen molar-refractivity contribution in [3.8, 4) is 0 Å². The van der Waals surface area contributed by atoms with Crippen molar-refractivity contribution in [2.24, 2.45) is 5.73 Å². The zero-order chi connectivity index (χ0) is 13.8. The highest BCUT2D eigenvalue weighted by Crippen LogP contribution is 2.30. The molecule has 0 aliphatic rings. The summed E-state index contributed by atoms with van der Waals surface area (Å²) in [5.41, 5.74) is 4.13. The highest BCUT2D eigenvalue weighted by atomic mass is 19.4. The number of aromatic carboxylic acids is 1. The van der Waals surface area contributed by atoms with Crippen LogP contribution in [0, 0.1) is 0 Å². The van der Waals surface area contributed by atoms with Gasteiger partial charge in [0.05, 0.1) is 11.1 Å². The molecule has 0 aliphatic heterocycles. The molecule has 3 nitrogen and oxygen atoms in total. The molecule has 1 aromatic rings. The van der Waals surface area contributed by atoms with Crippen LogP contribution in [0.25, 0.3) is 6.08 Å². The Morgan fingerprint density at radius 3 is 2.56 bits per heavy atom. The summed E-state index contributed by atoms with van der Waals surface area (Å²) in [7, 11) is 0. The first-order valence-corrected chi connectivity index (χ1v) is 5.17. The van der Waals surface area contributed by atoms with Gasteiger partial charge >= 0.3 is 12.1 Å². The van der Waals surface area contributed by atoms with E-state index in [9.17, 15) is 18.0 Å². The summed E-state index contributed by atoms with van der Waals surface area (Å²) >= 11 is 0. The third-order valence-electron chi connectivity index (χ3n) is 2.24. The topological polar surface area (TPSA) is 63.3 Å². The molecule has 0 aliphatic carbocycles. The van der Waals surface area contributed by atoms with Crippen molar-refractivity contribution >= 4 is 12.0 Å². The van der Waals surface area contributed by atoms with Crippen LogP contribution in [-0.4, -0.2) is 17.6 Å². The maximum atomic E-state index is 12.4. The van der Waals surface area contributed by atoms with Gasteiger partial charge in [0.25, 0.3) is 0 Å². The number of hydrogen-bond acceptors (Lipinski definition) is 2. The van der Waals surface area contributed by atoms with Crippen molar-refractivity contribution < 1.29 is 23.1 Å². The van der Waals surface area contributed by atoms with E-state index in [2.05, 4.69) is 0 Å². The fourth-order valence-electron chi connectivity index (χ4n) is 1.37. The van der Waals surface area contributed by atoms with Crippen molar-refractivity contribution in [3.63, 3.8) is 0 Å². The zero-order valence-electron chi connectivity index (χ0n) is 9.37. The van der Waals surface area contributed by atoms with Gasteiger partial charge in [-0.1, -0.05) is 18.2 Å². The van der Waals surface area contributed by atoms with Gasteiger partial charge in [-0.15, -0.1) is 0 Å². The van der Waals surface area contributed by atoms with Crippen LogP contribution in [0.2, 0.25) is 0 Å². The second-order valence-electron chi connectivity index (χ2n) is 3.58. The summed E-state index contributed by atoms with van der Waals surface area (Å²) in [6, 6.07) is 2.62. The Balaban J connectivity index is 3.17. The predicted octanol–water partition coefficient (Wildman–Crippen LogP) is 2.77. The van der Waals surface area contributed by atoms with E-state index in [1.165, 1.54) is 6.08 Å². The van der Waals surface area contributed by atoms with Gasteiger partial charge in [-0.2, -0.15) is 13.2 Å². The first kappa shape index (κ1) is 14.2. The van der Waals surface area contributed by atoms with Crippen molar-refractivity contribution in [3.05, 3.63) is 41.0 Å². The van der Waals surface area contributed by atoms with Crippen LogP contribution in [0.4, 0.5) is 13.2 Å². The number of carbonyl (C=O) groups is 1. The van der Waals surface area contributed by atoms with Gasteiger partial charge in [-0.3, -0.25) is 0 Å². The molecule has 0 saturated carbocycles. The molecule has 0 atom stereocenters. The van der Waals surface area contributed by atoms with E-state index in [0.717, 1.165) is 12.1 Å².